The molecule has 0 aliphatic rings. The number of nitrogen functional groups attached to an aromatic ring is 1. The highest BCUT2D eigenvalue weighted by Crippen LogP contribution is 2.27. The van der Waals surface area contributed by atoms with E-state index in [1.54, 1.807) is 6.92 Å². The molecule has 0 heterocycles. The van der Waals surface area contributed by atoms with Gasteiger partial charge in [0.15, 0.2) is 0 Å². The smallest absolute Gasteiger partial charge is 0.293 e. The Hall–Kier alpha value is -2.18. The number of halogens is 1. The van der Waals surface area contributed by atoms with Gasteiger partial charge in [-0.05, 0) is 19.4 Å². The summed E-state index contributed by atoms with van der Waals surface area (Å²) in [5, 5.41) is 13.3. The number of nitro groups is 1. The van der Waals surface area contributed by atoms with E-state index in [1.807, 2.05) is 6.92 Å². The van der Waals surface area contributed by atoms with E-state index in [2.05, 4.69) is 5.32 Å². The fraction of sp³-hybridized carbons (Fsp3) is 0.417. The van der Waals surface area contributed by atoms with Crippen molar-refractivity contribution in [1.29, 1.82) is 0 Å². The van der Waals surface area contributed by atoms with Gasteiger partial charge < -0.3 is 11.1 Å². The third-order valence-corrected chi connectivity index (χ3v) is 2.69. The number of hydrogen-bond acceptors (Lipinski definition) is 4. The number of anilines is 1. The zero-order valence-corrected chi connectivity index (χ0v) is 10.8. The van der Waals surface area contributed by atoms with E-state index in [0.717, 1.165) is 25.0 Å². The van der Waals surface area contributed by atoms with Crippen LogP contribution < -0.4 is 11.1 Å². The summed E-state index contributed by atoms with van der Waals surface area (Å²) >= 11 is 0. The summed E-state index contributed by atoms with van der Waals surface area (Å²) in [6, 6.07) is 1.65. The molecule has 0 saturated heterocycles. The molecular weight excluding hydrogens is 253 g/mol. The van der Waals surface area contributed by atoms with E-state index in [0.29, 0.717) is 0 Å². The zero-order chi connectivity index (χ0) is 14.6. The molecule has 0 aromatic heterocycles. The molecule has 1 atom stereocenters. The maximum absolute atomic E-state index is 13.6. The number of nitrogens with zero attached hydrogens (tertiary/aromatic N) is 1. The second-order valence-corrected chi connectivity index (χ2v) is 4.28. The second-order valence-electron chi connectivity index (χ2n) is 4.28. The highest BCUT2D eigenvalue weighted by molar-refractivity contribution is 6.01. The van der Waals surface area contributed by atoms with E-state index in [1.165, 1.54) is 0 Å². The van der Waals surface area contributed by atoms with Gasteiger partial charge in [-0.3, -0.25) is 14.9 Å². The number of benzene rings is 1. The first kappa shape index (κ1) is 14.9. The van der Waals surface area contributed by atoms with Crippen molar-refractivity contribution in [2.24, 2.45) is 0 Å². The third kappa shape index (κ3) is 3.40. The van der Waals surface area contributed by atoms with E-state index >= 15 is 0 Å². The van der Waals surface area contributed by atoms with Gasteiger partial charge >= 0.3 is 0 Å². The molecule has 0 radical (unpaired) electrons. The minimum absolute atomic E-state index is 0.157. The van der Waals surface area contributed by atoms with Crippen LogP contribution in [-0.2, 0) is 0 Å². The highest BCUT2D eigenvalue weighted by atomic mass is 19.1. The first-order chi connectivity index (χ1) is 8.88. The van der Waals surface area contributed by atoms with Crippen LogP contribution in [0.1, 0.15) is 37.0 Å². The molecule has 1 amide bonds. The molecule has 0 aliphatic carbocycles. The molecule has 1 unspecified atom stereocenters. The summed E-state index contributed by atoms with van der Waals surface area (Å²) in [4.78, 5) is 21.8. The van der Waals surface area contributed by atoms with Gasteiger partial charge in [0.05, 0.1) is 4.92 Å². The molecule has 6 nitrogen and oxygen atoms in total. The van der Waals surface area contributed by atoms with Crippen molar-refractivity contribution < 1.29 is 14.1 Å². The molecule has 0 fully saturated rings. The number of rotatable bonds is 5. The van der Waals surface area contributed by atoms with E-state index in [9.17, 15) is 19.3 Å². The van der Waals surface area contributed by atoms with Crippen molar-refractivity contribution in [3.05, 3.63) is 33.6 Å². The Morgan fingerprint density at radius 2 is 2.21 bits per heavy atom. The molecule has 7 heteroatoms. The van der Waals surface area contributed by atoms with Crippen molar-refractivity contribution in [2.75, 3.05) is 5.73 Å². The topological polar surface area (TPSA) is 98.3 Å². The molecular formula is C12H16FN3O3. The van der Waals surface area contributed by atoms with Crippen LogP contribution >= 0.6 is 0 Å². The van der Waals surface area contributed by atoms with Crippen molar-refractivity contribution in [3.63, 3.8) is 0 Å². The number of nitrogens with one attached hydrogen (secondary N) is 1. The van der Waals surface area contributed by atoms with Crippen molar-refractivity contribution in [1.82, 2.24) is 5.32 Å². The predicted octanol–water partition coefficient (Wildman–Crippen LogP) is 2.23. The van der Waals surface area contributed by atoms with Gasteiger partial charge in [0.1, 0.15) is 17.1 Å². The van der Waals surface area contributed by atoms with Gasteiger partial charge in [-0.15, -0.1) is 0 Å². The third-order valence-electron chi connectivity index (χ3n) is 2.69. The second kappa shape index (κ2) is 6.12. The molecule has 3 N–H and O–H groups in total. The van der Waals surface area contributed by atoms with E-state index < -0.39 is 33.6 Å². The predicted molar refractivity (Wildman–Crippen MR) is 69.3 cm³/mol. The molecule has 104 valence electrons. The van der Waals surface area contributed by atoms with Gasteiger partial charge in [0.25, 0.3) is 11.6 Å². The number of carbonyl (C=O) groups is 1. The summed E-state index contributed by atoms with van der Waals surface area (Å²) < 4.78 is 13.6. The number of nitro benzene ring substituents is 1. The molecule has 0 spiro atoms. The molecule has 0 bridgehead atoms. The van der Waals surface area contributed by atoms with Gasteiger partial charge in [-0.2, -0.15) is 0 Å². The minimum Gasteiger partial charge on any atom is -0.392 e. The number of amides is 1. The highest BCUT2D eigenvalue weighted by Gasteiger charge is 2.24. The standard InChI is InChI=1S/C12H16FN3O3/c1-3-4-7(2)15-12(17)10-8(13)5-6-9(11(10)14)16(18)19/h5-7H,3-4,14H2,1-2H3,(H,15,17). The normalized spacial score (nSPS) is 11.9. The van der Waals surface area contributed by atoms with Gasteiger partial charge in [0.2, 0.25) is 0 Å². The van der Waals surface area contributed by atoms with Gasteiger partial charge in [-0.25, -0.2) is 4.39 Å². The lowest BCUT2D eigenvalue weighted by Gasteiger charge is -2.14. The lowest BCUT2D eigenvalue weighted by molar-refractivity contribution is -0.384. The largest absolute Gasteiger partial charge is 0.392 e. The number of hydrogen-bond donors (Lipinski definition) is 2. The molecule has 0 aliphatic heterocycles. The van der Waals surface area contributed by atoms with Crippen molar-refractivity contribution in [3.8, 4) is 0 Å². The Morgan fingerprint density at radius 3 is 2.74 bits per heavy atom. The van der Waals surface area contributed by atoms with Crippen LogP contribution in [0.5, 0.6) is 0 Å². The van der Waals surface area contributed by atoms with Crippen LogP contribution in [0.4, 0.5) is 15.8 Å². The molecule has 1 rings (SSSR count). The van der Waals surface area contributed by atoms with Crippen LogP contribution in [0.2, 0.25) is 0 Å². The Labute approximate surface area is 109 Å². The Balaban J connectivity index is 3.09. The summed E-state index contributed by atoms with van der Waals surface area (Å²) in [6.45, 7) is 3.72. The van der Waals surface area contributed by atoms with Crippen LogP contribution in [0, 0.1) is 15.9 Å². The average Bonchev–Trinajstić information content (AvgIpc) is 2.28. The van der Waals surface area contributed by atoms with E-state index in [4.69, 9.17) is 5.73 Å². The average molecular weight is 269 g/mol. The Bertz CT molecular complexity index is 505. The molecule has 1 aromatic carbocycles. The van der Waals surface area contributed by atoms with Gasteiger partial charge in [-0.1, -0.05) is 13.3 Å². The maximum Gasteiger partial charge on any atom is 0.293 e. The first-order valence-electron chi connectivity index (χ1n) is 5.91. The Morgan fingerprint density at radius 1 is 1.58 bits per heavy atom. The zero-order valence-electron chi connectivity index (χ0n) is 10.8. The van der Waals surface area contributed by atoms with Crippen molar-refractivity contribution >= 4 is 17.3 Å². The summed E-state index contributed by atoms with van der Waals surface area (Å²) in [5.74, 6) is -1.61. The Kier molecular flexibility index (Phi) is 4.80. The lowest BCUT2D eigenvalue weighted by atomic mass is 10.1. The van der Waals surface area contributed by atoms with E-state index in [-0.39, 0.29) is 6.04 Å². The summed E-state index contributed by atoms with van der Waals surface area (Å²) in [6.07, 6.45) is 1.58. The summed E-state index contributed by atoms with van der Waals surface area (Å²) in [7, 11) is 0. The molecule has 0 saturated carbocycles. The maximum atomic E-state index is 13.6. The van der Waals surface area contributed by atoms with Gasteiger partial charge in [0, 0.05) is 12.1 Å². The van der Waals surface area contributed by atoms with Crippen LogP contribution in [0.15, 0.2) is 12.1 Å². The summed E-state index contributed by atoms with van der Waals surface area (Å²) in [5.41, 5.74) is 4.09. The van der Waals surface area contributed by atoms with Crippen molar-refractivity contribution in [2.45, 2.75) is 32.7 Å². The van der Waals surface area contributed by atoms with Crippen LogP contribution in [0.25, 0.3) is 0 Å². The van der Waals surface area contributed by atoms with Crippen LogP contribution in [0.3, 0.4) is 0 Å². The molecule has 19 heavy (non-hydrogen) atoms. The van der Waals surface area contributed by atoms with Crippen LogP contribution in [-0.4, -0.2) is 16.9 Å². The molecule has 1 aromatic rings. The SMILES string of the molecule is CCCC(C)NC(=O)c1c(F)ccc([N+](=O)[O-])c1N. The minimum atomic E-state index is -0.871. The fourth-order valence-corrected chi connectivity index (χ4v) is 1.77. The first-order valence-corrected chi connectivity index (χ1v) is 5.91. The monoisotopic (exact) mass is 269 g/mol. The fourth-order valence-electron chi connectivity index (χ4n) is 1.77. The lowest BCUT2D eigenvalue weighted by Crippen LogP contribution is -2.33. The quantitative estimate of drug-likeness (QED) is 0.486. The number of nitrogens with two attached hydrogens (primary N) is 1. The number of carbonyl (C=O) groups excluding carboxylic acids is 1.